The van der Waals surface area contributed by atoms with E-state index in [1.165, 1.54) is 0 Å². The summed E-state index contributed by atoms with van der Waals surface area (Å²) in [7, 11) is 0. The van der Waals surface area contributed by atoms with Gasteiger partial charge in [-0.3, -0.25) is 4.79 Å². The van der Waals surface area contributed by atoms with E-state index in [1.807, 2.05) is 0 Å². The van der Waals surface area contributed by atoms with Crippen LogP contribution >= 0.6 is 0 Å². The smallest absolute Gasteiger partial charge is 0.333 e. The van der Waals surface area contributed by atoms with Crippen molar-refractivity contribution in [2.45, 2.75) is 12.5 Å². The predicted molar refractivity (Wildman–Crippen MR) is 46.4 cm³/mol. The number of rotatable bonds is 7. The summed E-state index contributed by atoms with van der Waals surface area (Å²) >= 11 is 0. The molecule has 0 saturated carbocycles. The number of ether oxygens (including phenoxy) is 1. The highest BCUT2D eigenvalue weighted by atomic mass is 16.5. The summed E-state index contributed by atoms with van der Waals surface area (Å²) in [5.74, 6) is -4.13. The monoisotopic (exact) mass is 218 g/mol. The van der Waals surface area contributed by atoms with Gasteiger partial charge in [0.15, 0.2) is 6.10 Å². The minimum Gasteiger partial charge on any atom is -0.481 e. The van der Waals surface area contributed by atoms with Gasteiger partial charge in [0.2, 0.25) is 0 Å². The van der Waals surface area contributed by atoms with Crippen LogP contribution in [0.1, 0.15) is 6.42 Å². The van der Waals surface area contributed by atoms with Gasteiger partial charge in [0, 0.05) is 0 Å². The minimum atomic E-state index is -1.57. The van der Waals surface area contributed by atoms with Gasteiger partial charge in [0.25, 0.3) is 0 Å². The fourth-order valence-electron chi connectivity index (χ4n) is 0.639. The molecule has 0 radical (unpaired) electrons. The Bertz CT molecular complexity index is 293. The van der Waals surface area contributed by atoms with Crippen molar-refractivity contribution in [1.29, 1.82) is 0 Å². The predicted octanol–water partition coefficient (Wildman–Crippen LogP) is -0.428. The van der Waals surface area contributed by atoms with Crippen molar-refractivity contribution >= 4 is 17.9 Å². The molecule has 0 rings (SSSR count). The first-order valence-corrected chi connectivity index (χ1v) is 3.82. The Morgan fingerprint density at radius 2 is 1.73 bits per heavy atom. The Labute approximate surface area is 84.6 Å². The molecule has 0 aromatic heterocycles. The van der Waals surface area contributed by atoms with Crippen LogP contribution in [0, 0.1) is 0 Å². The molecule has 0 aromatic carbocycles. The van der Waals surface area contributed by atoms with E-state index >= 15 is 0 Å². The molecule has 0 heterocycles. The van der Waals surface area contributed by atoms with Crippen molar-refractivity contribution in [3.63, 3.8) is 0 Å². The fraction of sp³-hybridized carbons (Fsp3) is 0.375. The van der Waals surface area contributed by atoms with Crippen LogP contribution in [-0.4, -0.2) is 45.9 Å². The summed E-state index contributed by atoms with van der Waals surface area (Å²) < 4.78 is 4.58. The lowest BCUT2D eigenvalue weighted by molar-refractivity contribution is -0.156. The van der Waals surface area contributed by atoms with E-state index in [9.17, 15) is 14.4 Å². The summed E-state index contributed by atoms with van der Waals surface area (Å²) in [5.41, 5.74) is -0.341. The lowest BCUT2D eigenvalue weighted by atomic mass is 10.2. The zero-order valence-corrected chi connectivity index (χ0v) is 7.67. The lowest BCUT2D eigenvalue weighted by Crippen LogP contribution is -2.28. The van der Waals surface area contributed by atoms with Crippen LogP contribution in [0.25, 0.3) is 0 Å². The summed E-state index contributed by atoms with van der Waals surface area (Å²) in [6.07, 6.45) is -2.30. The summed E-state index contributed by atoms with van der Waals surface area (Å²) in [5, 5.41) is 25.2. The van der Waals surface area contributed by atoms with E-state index in [4.69, 9.17) is 15.3 Å². The highest BCUT2D eigenvalue weighted by Gasteiger charge is 2.22. The van der Waals surface area contributed by atoms with Crippen LogP contribution in [0.4, 0.5) is 0 Å². The Morgan fingerprint density at radius 3 is 2.07 bits per heavy atom. The number of aliphatic carboxylic acids is 3. The van der Waals surface area contributed by atoms with Crippen molar-refractivity contribution in [2.75, 3.05) is 6.61 Å². The van der Waals surface area contributed by atoms with Gasteiger partial charge >= 0.3 is 17.9 Å². The minimum absolute atomic E-state index is 0.341. The molecule has 0 spiro atoms. The number of carboxylic acids is 3. The third-order valence-corrected chi connectivity index (χ3v) is 1.40. The van der Waals surface area contributed by atoms with Gasteiger partial charge in [0.05, 0.1) is 18.6 Å². The highest BCUT2D eigenvalue weighted by Crippen LogP contribution is 2.02. The zero-order chi connectivity index (χ0) is 12.0. The number of carbonyl (C=O) groups is 3. The first-order chi connectivity index (χ1) is 6.84. The van der Waals surface area contributed by atoms with Gasteiger partial charge in [-0.05, 0) is 0 Å². The largest absolute Gasteiger partial charge is 0.481 e. The molecular weight excluding hydrogens is 208 g/mol. The fourth-order valence-corrected chi connectivity index (χ4v) is 0.639. The Morgan fingerprint density at radius 1 is 1.20 bits per heavy atom. The standard InChI is InChI=1S/C8H10O7/c1-4(7(11)12)3-15-5(8(13)14)2-6(9)10/h5H,1-3H2,(H,9,10)(H,11,12)(H,13,14)/t5-/m1/s1. The maximum absolute atomic E-state index is 10.5. The van der Waals surface area contributed by atoms with Crippen LogP contribution in [-0.2, 0) is 19.1 Å². The zero-order valence-electron chi connectivity index (χ0n) is 7.67. The molecule has 0 aromatic rings. The molecule has 0 aliphatic rings. The van der Waals surface area contributed by atoms with E-state index in [0.29, 0.717) is 0 Å². The van der Waals surface area contributed by atoms with Crippen LogP contribution < -0.4 is 0 Å². The molecular formula is C8H10O7. The second-order valence-electron chi connectivity index (χ2n) is 2.64. The molecule has 0 aliphatic carbocycles. The normalized spacial score (nSPS) is 11.7. The summed E-state index contributed by atoms with van der Waals surface area (Å²) in [6, 6.07) is 0. The molecule has 0 fully saturated rings. The molecule has 1 atom stereocenters. The molecule has 0 bridgehead atoms. The molecule has 15 heavy (non-hydrogen) atoms. The van der Waals surface area contributed by atoms with Gasteiger partial charge in [-0.1, -0.05) is 6.58 Å². The summed E-state index contributed by atoms with van der Waals surface area (Å²) in [6.45, 7) is 2.57. The summed E-state index contributed by atoms with van der Waals surface area (Å²) in [4.78, 5) is 30.9. The highest BCUT2D eigenvalue weighted by molar-refractivity contribution is 5.86. The average molecular weight is 218 g/mol. The Hall–Kier alpha value is -1.89. The maximum atomic E-state index is 10.5. The van der Waals surface area contributed by atoms with Crippen LogP contribution in [0.15, 0.2) is 12.2 Å². The quantitative estimate of drug-likeness (QED) is 0.495. The SMILES string of the molecule is C=C(CO[C@H](CC(=O)O)C(=O)O)C(=O)O. The topological polar surface area (TPSA) is 121 Å². The van der Waals surface area contributed by atoms with E-state index in [-0.39, 0.29) is 5.57 Å². The van der Waals surface area contributed by atoms with E-state index < -0.39 is 37.0 Å². The Kier molecular flexibility index (Phi) is 5.03. The van der Waals surface area contributed by atoms with Crippen molar-refractivity contribution in [3.8, 4) is 0 Å². The Balaban J connectivity index is 4.19. The van der Waals surface area contributed by atoms with Crippen LogP contribution in [0.2, 0.25) is 0 Å². The van der Waals surface area contributed by atoms with Gasteiger partial charge in [0.1, 0.15) is 0 Å². The first-order valence-electron chi connectivity index (χ1n) is 3.82. The third kappa shape index (κ3) is 5.42. The molecule has 84 valence electrons. The molecule has 3 N–H and O–H groups in total. The first kappa shape index (κ1) is 13.1. The second-order valence-corrected chi connectivity index (χ2v) is 2.64. The van der Waals surface area contributed by atoms with Crippen LogP contribution in [0.5, 0.6) is 0 Å². The van der Waals surface area contributed by atoms with Gasteiger partial charge in [-0.2, -0.15) is 0 Å². The van der Waals surface area contributed by atoms with E-state index in [0.717, 1.165) is 0 Å². The van der Waals surface area contributed by atoms with Crippen molar-refractivity contribution in [1.82, 2.24) is 0 Å². The maximum Gasteiger partial charge on any atom is 0.333 e. The molecule has 0 unspecified atom stereocenters. The van der Waals surface area contributed by atoms with E-state index in [2.05, 4.69) is 11.3 Å². The van der Waals surface area contributed by atoms with Gasteiger partial charge in [-0.25, -0.2) is 9.59 Å². The molecule has 7 nitrogen and oxygen atoms in total. The molecule has 0 aliphatic heterocycles. The average Bonchev–Trinajstić information content (AvgIpc) is 2.10. The van der Waals surface area contributed by atoms with E-state index in [1.54, 1.807) is 0 Å². The third-order valence-electron chi connectivity index (χ3n) is 1.40. The molecule has 7 heteroatoms. The van der Waals surface area contributed by atoms with Crippen molar-refractivity contribution in [3.05, 3.63) is 12.2 Å². The van der Waals surface area contributed by atoms with Crippen molar-refractivity contribution < 1.29 is 34.4 Å². The van der Waals surface area contributed by atoms with Gasteiger partial charge in [-0.15, -0.1) is 0 Å². The van der Waals surface area contributed by atoms with Crippen molar-refractivity contribution in [2.24, 2.45) is 0 Å². The van der Waals surface area contributed by atoms with Crippen LogP contribution in [0.3, 0.4) is 0 Å². The second kappa shape index (κ2) is 5.76. The number of carboxylic acid groups (broad SMARTS) is 3. The molecule has 0 saturated heterocycles. The molecule has 0 amide bonds. The number of hydrogen-bond donors (Lipinski definition) is 3. The lowest BCUT2D eigenvalue weighted by Gasteiger charge is -2.10. The number of hydrogen-bond acceptors (Lipinski definition) is 4. The van der Waals surface area contributed by atoms with Gasteiger partial charge < -0.3 is 20.1 Å².